The fourth-order valence-electron chi connectivity index (χ4n) is 2.26. The Kier molecular flexibility index (Phi) is 5.69. The summed E-state index contributed by atoms with van der Waals surface area (Å²) in [6.07, 6.45) is 0. The number of carbonyl (C=O) groups is 2. The molecule has 5 heteroatoms. The topological polar surface area (TPSA) is 76.4 Å². The van der Waals surface area contributed by atoms with Crippen LogP contribution in [0, 0.1) is 11.3 Å². The number of hydrogen-bond acceptors (Lipinski definition) is 5. The third-order valence-electron chi connectivity index (χ3n) is 3.37. The molecule has 0 saturated carbocycles. The van der Waals surface area contributed by atoms with Gasteiger partial charge in [0.15, 0.2) is 5.78 Å². The predicted octanol–water partition coefficient (Wildman–Crippen LogP) is 3.52. The van der Waals surface area contributed by atoms with Crippen LogP contribution in [0.3, 0.4) is 0 Å². The third-order valence-corrected chi connectivity index (χ3v) is 3.37. The quantitative estimate of drug-likeness (QED) is 0.600. The van der Waals surface area contributed by atoms with Gasteiger partial charge in [-0.15, -0.1) is 0 Å². The van der Waals surface area contributed by atoms with Crippen LogP contribution >= 0.6 is 0 Å². The van der Waals surface area contributed by atoms with Gasteiger partial charge in [-0.3, -0.25) is 4.79 Å². The van der Waals surface area contributed by atoms with E-state index < -0.39 is 5.97 Å². The zero-order valence-electron chi connectivity index (χ0n) is 13.5. The normalized spacial score (nSPS) is 9.88. The lowest BCUT2D eigenvalue weighted by Crippen LogP contribution is -2.14. The van der Waals surface area contributed by atoms with Crippen LogP contribution in [0.25, 0.3) is 0 Å². The molecule has 0 aliphatic rings. The zero-order chi connectivity index (χ0) is 17.5. The van der Waals surface area contributed by atoms with Crippen molar-refractivity contribution in [1.82, 2.24) is 0 Å². The average molecular weight is 323 g/mol. The number of Topliss-reactive ketones (excluding diaryl/α,β-unsaturated/α-hetero) is 1. The monoisotopic (exact) mass is 323 g/mol. The number of esters is 1. The summed E-state index contributed by atoms with van der Waals surface area (Å²) in [6, 6.07) is 14.4. The van der Waals surface area contributed by atoms with Gasteiger partial charge < -0.3 is 9.47 Å². The van der Waals surface area contributed by atoms with Crippen LogP contribution < -0.4 is 4.74 Å². The van der Waals surface area contributed by atoms with Crippen molar-refractivity contribution >= 4 is 11.8 Å². The molecular formula is C19H17NO4. The van der Waals surface area contributed by atoms with Gasteiger partial charge >= 0.3 is 5.97 Å². The van der Waals surface area contributed by atoms with Crippen molar-refractivity contribution in [2.45, 2.75) is 20.5 Å². The van der Waals surface area contributed by atoms with E-state index in [0.717, 1.165) is 5.56 Å². The molecule has 24 heavy (non-hydrogen) atoms. The van der Waals surface area contributed by atoms with E-state index in [-0.39, 0.29) is 41.4 Å². The highest BCUT2D eigenvalue weighted by atomic mass is 16.5. The van der Waals surface area contributed by atoms with Gasteiger partial charge in [-0.25, -0.2) is 4.79 Å². The molecule has 0 atom stereocenters. The molecule has 2 rings (SSSR count). The van der Waals surface area contributed by atoms with Crippen molar-refractivity contribution < 1.29 is 19.1 Å². The lowest BCUT2D eigenvalue weighted by molar-refractivity contribution is 0.0522. The van der Waals surface area contributed by atoms with E-state index in [1.807, 2.05) is 36.4 Å². The Balaban J connectivity index is 2.42. The molecule has 5 nitrogen and oxygen atoms in total. The molecule has 0 aromatic heterocycles. The Morgan fingerprint density at radius 1 is 1.12 bits per heavy atom. The van der Waals surface area contributed by atoms with E-state index in [0.29, 0.717) is 0 Å². The van der Waals surface area contributed by atoms with E-state index in [9.17, 15) is 14.9 Å². The zero-order valence-corrected chi connectivity index (χ0v) is 13.5. The van der Waals surface area contributed by atoms with Gasteiger partial charge in [0.05, 0.1) is 12.2 Å². The van der Waals surface area contributed by atoms with Gasteiger partial charge in [-0.05, 0) is 31.5 Å². The van der Waals surface area contributed by atoms with E-state index in [2.05, 4.69) is 0 Å². The first kappa shape index (κ1) is 17.2. The smallest absolute Gasteiger partial charge is 0.340 e. The summed E-state index contributed by atoms with van der Waals surface area (Å²) in [5.74, 6) is -0.775. The first-order chi connectivity index (χ1) is 11.6. The highest BCUT2D eigenvalue weighted by Crippen LogP contribution is 2.27. The molecule has 0 aliphatic heterocycles. The minimum atomic E-state index is -0.704. The van der Waals surface area contributed by atoms with E-state index in [1.54, 1.807) is 6.92 Å². The summed E-state index contributed by atoms with van der Waals surface area (Å²) >= 11 is 0. The van der Waals surface area contributed by atoms with Crippen LogP contribution in [0.4, 0.5) is 0 Å². The van der Waals surface area contributed by atoms with Crippen LogP contribution in [0.2, 0.25) is 0 Å². The van der Waals surface area contributed by atoms with Crippen LogP contribution in [-0.2, 0) is 11.3 Å². The number of nitrogens with zero attached hydrogens (tertiary/aromatic N) is 1. The average Bonchev–Trinajstić information content (AvgIpc) is 2.59. The number of ketones is 1. The van der Waals surface area contributed by atoms with Gasteiger partial charge in [-0.2, -0.15) is 5.26 Å². The van der Waals surface area contributed by atoms with Gasteiger partial charge in [0.25, 0.3) is 0 Å². The molecule has 0 aliphatic carbocycles. The second kappa shape index (κ2) is 7.93. The third kappa shape index (κ3) is 3.79. The first-order valence-corrected chi connectivity index (χ1v) is 7.50. The molecule has 0 spiro atoms. The van der Waals surface area contributed by atoms with Crippen LogP contribution in [0.1, 0.15) is 45.7 Å². The fourth-order valence-corrected chi connectivity index (χ4v) is 2.26. The lowest BCUT2D eigenvalue weighted by atomic mass is 9.98. The predicted molar refractivity (Wildman–Crippen MR) is 87.9 cm³/mol. The maximum Gasteiger partial charge on any atom is 0.340 e. The molecule has 0 fully saturated rings. The summed E-state index contributed by atoms with van der Waals surface area (Å²) in [7, 11) is 0. The highest BCUT2D eigenvalue weighted by Gasteiger charge is 2.23. The van der Waals surface area contributed by atoms with Crippen LogP contribution in [0.15, 0.2) is 42.5 Å². The number of ether oxygens (including phenoxy) is 2. The SMILES string of the molecule is CCOC(=O)c1c(C(C)=O)ccc(OCc2ccccc2)c1C#N. The summed E-state index contributed by atoms with van der Waals surface area (Å²) in [5, 5.41) is 9.47. The van der Waals surface area contributed by atoms with Crippen molar-refractivity contribution in [1.29, 1.82) is 5.26 Å². The second-order valence-corrected chi connectivity index (χ2v) is 5.02. The molecule has 0 saturated heterocycles. The van der Waals surface area contributed by atoms with Gasteiger partial charge in [0.1, 0.15) is 24.0 Å². The molecule has 122 valence electrons. The Bertz CT molecular complexity index is 791. The number of hydrogen-bond donors (Lipinski definition) is 0. The minimum absolute atomic E-state index is 0.0112. The molecule has 0 bridgehead atoms. The molecule has 0 heterocycles. The standard InChI is InChI=1S/C19H17NO4/c1-3-23-19(22)18-15(13(2)21)9-10-17(16(18)11-20)24-12-14-7-5-4-6-8-14/h4-10H,3,12H2,1-2H3. The lowest BCUT2D eigenvalue weighted by Gasteiger charge is -2.13. The van der Waals surface area contributed by atoms with Gasteiger partial charge in [0.2, 0.25) is 0 Å². The first-order valence-electron chi connectivity index (χ1n) is 7.50. The Labute approximate surface area is 140 Å². The number of rotatable bonds is 6. The molecule has 2 aromatic rings. The fraction of sp³-hybridized carbons (Fsp3) is 0.211. The Hall–Kier alpha value is -3.13. The molecule has 0 amide bonds. The number of benzene rings is 2. The van der Waals surface area contributed by atoms with E-state index in [1.165, 1.54) is 19.1 Å². The highest BCUT2D eigenvalue weighted by molar-refractivity contribution is 6.07. The minimum Gasteiger partial charge on any atom is -0.487 e. The van der Waals surface area contributed by atoms with E-state index in [4.69, 9.17) is 9.47 Å². The maximum absolute atomic E-state index is 12.2. The van der Waals surface area contributed by atoms with Crippen molar-refractivity contribution in [2.24, 2.45) is 0 Å². The molecule has 0 N–H and O–H groups in total. The Morgan fingerprint density at radius 2 is 1.83 bits per heavy atom. The van der Waals surface area contributed by atoms with Crippen LogP contribution in [-0.4, -0.2) is 18.4 Å². The van der Waals surface area contributed by atoms with Crippen molar-refractivity contribution in [3.8, 4) is 11.8 Å². The number of carbonyl (C=O) groups excluding carboxylic acids is 2. The molecule has 0 radical (unpaired) electrons. The summed E-state index contributed by atoms with van der Waals surface area (Å²) in [4.78, 5) is 24.0. The second-order valence-electron chi connectivity index (χ2n) is 5.02. The van der Waals surface area contributed by atoms with Crippen molar-refractivity contribution in [2.75, 3.05) is 6.61 Å². The van der Waals surface area contributed by atoms with Crippen molar-refractivity contribution in [3.63, 3.8) is 0 Å². The molecule has 0 unspecified atom stereocenters. The Morgan fingerprint density at radius 3 is 2.42 bits per heavy atom. The summed E-state index contributed by atoms with van der Waals surface area (Å²) in [5.41, 5.74) is 1.04. The summed E-state index contributed by atoms with van der Waals surface area (Å²) < 4.78 is 10.7. The molecular weight excluding hydrogens is 306 g/mol. The van der Waals surface area contributed by atoms with Crippen LogP contribution in [0.5, 0.6) is 5.75 Å². The number of nitriles is 1. The van der Waals surface area contributed by atoms with Gasteiger partial charge in [0, 0.05) is 5.56 Å². The van der Waals surface area contributed by atoms with Crippen molar-refractivity contribution in [3.05, 3.63) is 64.7 Å². The van der Waals surface area contributed by atoms with E-state index >= 15 is 0 Å². The van der Waals surface area contributed by atoms with Gasteiger partial charge in [-0.1, -0.05) is 30.3 Å². The maximum atomic E-state index is 12.2. The summed E-state index contributed by atoms with van der Waals surface area (Å²) in [6.45, 7) is 3.39. The molecule has 2 aromatic carbocycles. The largest absolute Gasteiger partial charge is 0.487 e.